The van der Waals surface area contributed by atoms with Gasteiger partial charge in [-0.3, -0.25) is 0 Å². The quantitative estimate of drug-likeness (QED) is 0.120. The molecule has 3 aliphatic heterocycles. The number of methoxy groups -OCH3 is 3. The molecule has 0 radical (unpaired) electrons. The van der Waals surface area contributed by atoms with Gasteiger partial charge < -0.3 is 68.3 Å². The molecule has 0 aliphatic carbocycles. The van der Waals surface area contributed by atoms with Crippen molar-refractivity contribution < 1.29 is 67.5 Å². The first-order valence-corrected chi connectivity index (χ1v) is 19.5. The summed E-state index contributed by atoms with van der Waals surface area (Å²) in [6, 6.07) is 17.3. The smallest absolute Gasteiger partial charge is 0.408 e. The number of nitrogens with one attached hydrogen (secondary N) is 2. The first-order chi connectivity index (χ1) is 28.3. The average Bonchev–Trinajstić information content (AvgIpc) is 3.95. The maximum Gasteiger partial charge on any atom is 0.408 e. The molecule has 0 spiro atoms. The van der Waals surface area contributed by atoms with Gasteiger partial charge in [-0.25, -0.2) is 9.59 Å². The Labute approximate surface area is 341 Å². The number of amides is 1. The van der Waals surface area contributed by atoms with Gasteiger partial charge in [0.2, 0.25) is 6.29 Å². The van der Waals surface area contributed by atoms with Crippen molar-refractivity contribution in [2.45, 2.75) is 81.7 Å². The van der Waals surface area contributed by atoms with Crippen LogP contribution in [0.25, 0.3) is 10.9 Å². The van der Waals surface area contributed by atoms with Gasteiger partial charge in [0.25, 0.3) is 0 Å². The highest BCUT2D eigenvalue weighted by molar-refractivity contribution is 5.86. The number of aromatic amines is 1. The molecule has 4 aromatic rings. The van der Waals surface area contributed by atoms with Gasteiger partial charge >= 0.3 is 12.1 Å². The molecule has 5 N–H and O–H groups in total. The number of H-pyrrole nitrogens is 1. The number of esters is 1. The number of aromatic nitrogens is 1. The Morgan fingerprint density at radius 2 is 1.42 bits per heavy atom. The van der Waals surface area contributed by atoms with E-state index in [1.54, 1.807) is 53.3 Å². The lowest BCUT2D eigenvalue weighted by atomic mass is 9.85. The molecule has 3 aliphatic rings. The van der Waals surface area contributed by atoms with Crippen LogP contribution in [-0.2, 0) is 34.9 Å². The first-order valence-electron chi connectivity index (χ1n) is 19.5. The zero-order valence-corrected chi connectivity index (χ0v) is 33.8. The minimum Gasteiger partial charge on any atom is -0.493 e. The molecule has 3 fully saturated rings. The number of hydrogen-bond acceptors (Lipinski definition) is 14. The minimum atomic E-state index is -1.73. The standard InChI is InChI=1S/C43H52N2O14/c1-43(2,3)59-42(50)45-29(15-24-18-44-28-10-8-7-9-25(24)28)40(49)56-21-34-35(46)36(47)37(48)41(58-34)57-31-14-12-23(17-33(31)53-6)39-27-20-54-38(26(27)19-55-39)22-11-13-30(51-4)32(16-22)52-5/h7-14,16-18,26-27,29,34-39,41,44,46-48H,15,19-21H2,1-6H3,(H,45,50)/t26-,27-,29-,34+,35+,36-,37+,38-,39+,41-/m0/s1. The Balaban J connectivity index is 1.01. The van der Waals surface area contributed by atoms with Gasteiger partial charge in [-0.1, -0.05) is 30.3 Å². The van der Waals surface area contributed by atoms with E-state index >= 15 is 0 Å². The Kier molecular flexibility index (Phi) is 12.6. The molecule has 59 heavy (non-hydrogen) atoms. The van der Waals surface area contributed by atoms with E-state index in [9.17, 15) is 24.9 Å². The molecule has 0 saturated carbocycles. The maximum absolute atomic E-state index is 13.6. The number of aliphatic hydroxyl groups excluding tert-OH is 3. The fraction of sp³-hybridized carbons (Fsp3) is 0.488. The predicted octanol–water partition coefficient (Wildman–Crippen LogP) is 4.13. The Bertz CT molecular complexity index is 2100. The van der Waals surface area contributed by atoms with Crippen molar-refractivity contribution in [1.29, 1.82) is 0 Å². The summed E-state index contributed by atoms with van der Waals surface area (Å²) in [7, 11) is 4.65. The molecule has 16 nitrogen and oxygen atoms in total. The number of carbonyl (C=O) groups is 2. The highest BCUT2D eigenvalue weighted by Gasteiger charge is 2.49. The van der Waals surface area contributed by atoms with Crippen molar-refractivity contribution in [3.63, 3.8) is 0 Å². The fourth-order valence-corrected chi connectivity index (χ4v) is 7.93. The normalized spacial score (nSPS) is 27.1. The Morgan fingerprint density at radius 3 is 2.05 bits per heavy atom. The average molecular weight is 821 g/mol. The van der Waals surface area contributed by atoms with Gasteiger partial charge in [-0.05, 0) is 67.8 Å². The lowest BCUT2D eigenvalue weighted by Crippen LogP contribution is -2.60. The molecule has 3 saturated heterocycles. The largest absolute Gasteiger partial charge is 0.493 e. The van der Waals surface area contributed by atoms with Crippen molar-refractivity contribution in [2.75, 3.05) is 41.2 Å². The molecular formula is C43H52N2O14. The van der Waals surface area contributed by atoms with E-state index in [4.69, 9.17) is 42.6 Å². The summed E-state index contributed by atoms with van der Waals surface area (Å²) in [6.45, 7) is 5.50. The van der Waals surface area contributed by atoms with Crippen LogP contribution >= 0.6 is 0 Å². The van der Waals surface area contributed by atoms with E-state index in [1.165, 1.54) is 7.11 Å². The number of aliphatic hydroxyl groups is 3. The van der Waals surface area contributed by atoms with Crippen LogP contribution in [0.2, 0.25) is 0 Å². The van der Waals surface area contributed by atoms with Crippen molar-refractivity contribution in [3.8, 4) is 23.0 Å². The highest BCUT2D eigenvalue weighted by Crippen LogP contribution is 2.51. The van der Waals surface area contributed by atoms with E-state index in [0.29, 0.717) is 30.5 Å². The van der Waals surface area contributed by atoms with Crippen LogP contribution in [0.5, 0.6) is 23.0 Å². The minimum absolute atomic E-state index is 0.0504. The van der Waals surface area contributed by atoms with Crippen LogP contribution in [0.4, 0.5) is 4.79 Å². The summed E-state index contributed by atoms with van der Waals surface area (Å²) in [4.78, 5) is 29.5. The lowest BCUT2D eigenvalue weighted by molar-refractivity contribution is -0.278. The van der Waals surface area contributed by atoms with Crippen molar-refractivity contribution in [1.82, 2.24) is 10.3 Å². The summed E-state index contributed by atoms with van der Waals surface area (Å²) in [5.41, 5.74) is 2.55. The third-order valence-corrected chi connectivity index (χ3v) is 10.9. The predicted molar refractivity (Wildman–Crippen MR) is 210 cm³/mol. The number of alkyl carbamates (subject to hydrolysis) is 1. The van der Waals surface area contributed by atoms with Gasteiger partial charge in [-0.2, -0.15) is 0 Å². The van der Waals surface area contributed by atoms with E-state index in [0.717, 1.165) is 27.6 Å². The number of rotatable bonds is 13. The number of benzene rings is 3. The molecular weight excluding hydrogens is 768 g/mol. The molecule has 7 rings (SSSR count). The molecule has 16 heteroatoms. The number of carbonyl (C=O) groups excluding carboxylic acids is 2. The third kappa shape index (κ3) is 9.07. The summed E-state index contributed by atoms with van der Waals surface area (Å²) >= 11 is 0. The van der Waals surface area contributed by atoms with Crippen molar-refractivity contribution >= 4 is 23.0 Å². The SMILES string of the molecule is COc1ccc([C@@H]2OC[C@H]3[C@@H]2CO[C@@H]3c2ccc(O[C@H]3O[C@H](COC(=O)[C@H](Cc4c[nH]c5ccccc45)NC(=O)OC(C)(C)C)[C@@H](O)[C@H](O)[C@H]3O)c(OC)c2)cc1OC. The lowest BCUT2D eigenvalue weighted by Gasteiger charge is -2.40. The van der Waals surface area contributed by atoms with Gasteiger partial charge in [0, 0.05) is 35.4 Å². The van der Waals surface area contributed by atoms with Gasteiger partial charge in [0.15, 0.2) is 23.0 Å². The second kappa shape index (κ2) is 17.6. The van der Waals surface area contributed by atoms with Crippen molar-refractivity contribution in [3.05, 3.63) is 83.6 Å². The molecule has 0 unspecified atom stereocenters. The molecule has 1 aromatic heterocycles. The zero-order valence-electron chi connectivity index (χ0n) is 33.8. The van der Waals surface area contributed by atoms with E-state index in [1.807, 2.05) is 48.5 Å². The van der Waals surface area contributed by atoms with Gasteiger partial charge in [0.05, 0.1) is 46.8 Å². The molecule has 0 bridgehead atoms. The molecule has 318 valence electrons. The molecule has 3 aromatic carbocycles. The Morgan fingerprint density at radius 1 is 0.814 bits per heavy atom. The fourth-order valence-electron chi connectivity index (χ4n) is 7.93. The van der Waals surface area contributed by atoms with E-state index in [2.05, 4.69) is 10.3 Å². The van der Waals surface area contributed by atoms with Crippen LogP contribution < -0.4 is 24.3 Å². The second-order valence-corrected chi connectivity index (χ2v) is 15.9. The zero-order chi connectivity index (χ0) is 42.0. The topological polar surface area (TPSA) is 206 Å². The number of ether oxygens (including phenoxy) is 9. The highest BCUT2D eigenvalue weighted by atomic mass is 16.7. The number of para-hydroxylation sites is 1. The maximum atomic E-state index is 13.6. The molecule has 4 heterocycles. The molecule has 10 atom stereocenters. The first kappa shape index (κ1) is 42.0. The summed E-state index contributed by atoms with van der Waals surface area (Å²) in [6.07, 6.45) is -7.42. The molecule has 1 amide bonds. The Hall–Kier alpha value is -5.10. The van der Waals surface area contributed by atoms with Crippen LogP contribution in [0.1, 0.15) is 49.7 Å². The summed E-state index contributed by atoms with van der Waals surface area (Å²) in [5, 5.41) is 36.1. The van der Waals surface area contributed by atoms with Gasteiger partial charge in [0.1, 0.15) is 42.7 Å². The third-order valence-electron chi connectivity index (χ3n) is 10.9. The second-order valence-electron chi connectivity index (χ2n) is 15.9. The van der Waals surface area contributed by atoms with Crippen LogP contribution in [0.15, 0.2) is 66.9 Å². The number of fused-ring (bicyclic) bond motifs is 2. The van der Waals surface area contributed by atoms with Crippen LogP contribution in [0.3, 0.4) is 0 Å². The van der Waals surface area contributed by atoms with Crippen molar-refractivity contribution in [2.24, 2.45) is 11.8 Å². The monoisotopic (exact) mass is 820 g/mol. The van der Waals surface area contributed by atoms with Crippen LogP contribution in [0, 0.1) is 11.8 Å². The van der Waals surface area contributed by atoms with Gasteiger partial charge in [-0.15, -0.1) is 0 Å². The van der Waals surface area contributed by atoms with Crippen LogP contribution in [-0.4, -0.2) is 116 Å². The summed E-state index contributed by atoms with van der Waals surface area (Å²) < 4.78 is 52.2. The summed E-state index contributed by atoms with van der Waals surface area (Å²) in [5.74, 6) is 1.03. The number of hydrogen-bond donors (Lipinski definition) is 5. The van der Waals surface area contributed by atoms with E-state index in [-0.39, 0.29) is 36.2 Å². The van der Waals surface area contributed by atoms with E-state index < -0.39 is 61.0 Å².